The minimum absolute atomic E-state index is 0.177. The van der Waals surface area contributed by atoms with Gasteiger partial charge in [-0.15, -0.1) is 0 Å². The summed E-state index contributed by atoms with van der Waals surface area (Å²) in [4.78, 5) is 11.2. The average Bonchev–Trinajstić information content (AvgIpc) is 2.46. The number of fused-ring (bicyclic) bond motifs is 2. The van der Waals surface area contributed by atoms with Crippen LogP contribution in [0.5, 0.6) is 0 Å². The summed E-state index contributed by atoms with van der Waals surface area (Å²) in [6, 6.07) is 1.21. The first kappa shape index (κ1) is 9.71. The number of esters is 1. The summed E-state index contributed by atoms with van der Waals surface area (Å²) in [5, 5.41) is 3.53. The van der Waals surface area contributed by atoms with Gasteiger partial charge in [0.2, 0.25) is 0 Å². The van der Waals surface area contributed by atoms with Gasteiger partial charge < -0.3 is 10.1 Å². The van der Waals surface area contributed by atoms with Crippen molar-refractivity contribution in [2.45, 2.75) is 44.7 Å². The number of nitrogens with one attached hydrogen (secondary N) is 1. The highest BCUT2D eigenvalue weighted by atomic mass is 16.5. The molecule has 2 rings (SSSR count). The monoisotopic (exact) mass is 195 g/mol. The SMILES string of the molecule is CCOC(=O)C=C1CC2CC[C@@H](C1)N2. The zero-order chi connectivity index (χ0) is 9.97. The lowest BCUT2D eigenvalue weighted by atomic mass is 9.99. The largest absolute Gasteiger partial charge is 0.463 e. The summed E-state index contributed by atoms with van der Waals surface area (Å²) in [7, 11) is 0. The molecule has 1 N–H and O–H groups in total. The highest BCUT2D eigenvalue weighted by molar-refractivity contribution is 5.82. The molecule has 3 nitrogen and oxygen atoms in total. The quantitative estimate of drug-likeness (QED) is 0.534. The fourth-order valence-corrected chi connectivity index (χ4v) is 2.41. The van der Waals surface area contributed by atoms with Crippen molar-refractivity contribution in [3.63, 3.8) is 0 Å². The van der Waals surface area contributed by atoms with Crippen molar-refractivity contribution in [3.8, 4) is 0 Å². The van der Waals surface area contributed by atoms with E-state index in [1.165, 1.54) is 18.4 Å². The molecule has 2 aliphatic rings. The number of ether oxygens (including phenoxy) is 1. The van der Waals surface area contributed by atoms with Crippen LogP contribution in [0.1, 0.15) is 32.6 Å². The van der Waals surface area contributed by atoms with Crippen LogP contribution >= 0.6 is 0 Å². The Hall–Kier alpha value is -0.830. The molecule has 78 valence electrons. The number of carbonyl (C=O) groups is 1. The summed E-state index contributed by atoms with van der Waals surface area (Å²) < 4.78 is 4.90. The van der Waals surface area contributed by atoms with Gasteiger partial charge in [-0.3, -0.25) is 0 Å². The average molecular weight is 195 g/mol. The molecule has 0 amide bonds. The first-order valence-electron chi connectivity index (χ1n) is 5.40. The third kappa shape index (κ3) is 2.15. The van der Waals surface area contributed by atoms with E-state index < -0.39 is 0 Å². The Kier molecular flexibility index (Phi) is 2.87. The molecule has 2 aliphatic heterocycles. The van der Waals surface area contributed by atoms with Crippen LogP contribution in [0.3, 0.4) is 0 Å². The summed E-state index contributed by atoms with van der Waals surface area (Å²) in [5.41, 5.74) is 1.26. The van der Waals surface area contributed by atoms with Crippen LogP contribution in [-0.2, 0) is 9.53 Å². The molecule has 0 aromatic carbocycles. The molecule has 0 aromatic heterocycles. The van der Waals surface area contributed by atoms with Crippen molar-refractivity contribution in [1.82, 2.24) is 5.32 Å². The second kappa shape index (κ2) is 4.13. The van der Waals surface area contributed by atoms with Crippen LogP contribution in [0.2, 0.25) is 0 Å². The lowest BCUT2D eigenvalue weighted by Crippen LogP contribution is -2.34. The van der Waals surface area contributed by atoms with Crippen molar-refractivity contribution in [2.75, 3.05) is 6.61 Å². The van der Waals surface area contributed by atoms with Crippen molar-refractivity contribution in [2.24, 2.45) is 0 Å². The maximum atomic E-state index is 11.2. The van der Waals surface area contributed by atoms with E-state index in [0.29, 0.717) is 18.7 Å². The van der Waals surface area contributed by atoms with Crippen LogP contribution in [-0.4, -0.2) is 24.7 Å². The van der Waals surface area contributed by atoms with E-state index >= 15 is 0 Å². The lowest BCUT2D eigenvalue weighted by molar-refractivity contribution is -0.137. The maximum Gasteiger partial charge on any atom is 0.330 e. The Labute approximate surface area is 84.5 Å². The van der Waals surface area contributed by atoms with E-state index in [1.54, 1.807) is 6.08 Å². The van der Waals surface area contributed by atoms with E-state index in [4.69, 9.17) is 4.74 Å². The van der Waals surface area contributed by atoms with Gasteiger partial charge in [0.05, 0.1) is 6.61 Å². The maximum absolute atomic E-state index is 11.2. The van der Waals surface area contributed by atoms with E-state index in [0.717, 1.165) is 12.8 Å². The normalized spacial score (nSPS) is 33.4. The minimum Gasteiger partial charge on any atom is -0.463 e. The zero-order valence-electron chi connectivity index (χ0n) is 8.58. The van der Waals surface area contributed by atoms with Gasteiger partial charge in [-0.05, 0) is 32.6 Å². The predicted octanol–water partition coefficient (Wildman–Crippen LogP) is 1.39. The molecule has 2 saturated heterocycles. The number of piperidine rings is 1. The molecule has 2 heterocycles. The van der Waals surface area contributed by atoms with Crippen LogP contribution < -0.4 is 5.32 Å². The van der Waals surface area contributed by atoms with Crippen molar-refractivity contribution >= 4 is 5.97 Å². The summed E-state index contributed by atoms with van der Waals surface area (Å²) in [5.74, 6) is -0.177. The molecule has 1 unspecified atom stereocenters. The van der Waals surface area contributed by atoms with Gasteiger partial charge in [0.15, 0.2) is 0 Å². The Bertz CT molecular complexity index is 246. The second-order valence-electron chi connectivity index (χ2n) is 4.10. The van der Waals surface area contributed by atoms with Crippen molar-refractivity contribution < 1.29 is 9.53 Å². The fraction of sp³-hybridized carbons (Fsp3) is 0.727. The van der Waals surface area contributed by atoms with Crippen molar-refractivity contribution in [1.29, 1.82) is 0 Å². The Balaban J connectivity index is 1.95. The fourth-order valence-electron chi connectivity index (χ4n) is 2.41. The molecule has 0 spiro atoms. The molecular weight excluding hydrogens is 178 g/mol. The molecule has 3 heteroatoms. The highest BCUT2D eigenvalue weighted by Gasteiger charge is 2.30. The standard InChI is InChI=1S/C11H17NO2/c1-2-14-11(13)7-8-5-9-3-4-10(6-8)12-9/h7,9-10,12H,2-6H2,1H3/t9-,10?/m0/s1. The lowest BCUT2D eigenvalue weighted by Gasteiger charge is -2.23. The van der Waals surface area contributed by atoms with Gasteiger partial charge in [0.1, 0.15) is 0 Å². The van der Waals surface area contributed by atoms with Crippen LogP contribution in [0.25, 0.3) is 0 Å². The third-order valence-electron chi connectivity index (χ3n) is 2.96. The molecule has 0 aliphatic carbocycles. The second-order valence-corrected chi connectivity index (χ2v) is 4.10. The van der Waals surface area contributed by atoms with E-state index in [1.807, 2.05) is 6.92 Å². The van der Waals surface area contributed by atoms with E-state index in [-0.39, 0.29) is 5.97 Å². The highest BCUT2D eigenvalue weighted by Crippen LogP contribution is 2.30. The van der Waals surface area contributed by atoms with E-state index in [2.05, 4.69) is 5.32 Å². The topological polar surface area (TPSA) is 38.3 Å². The van der Waals surface area contributed by atoms with Crippen molar-refractivity contribution in [3.05, 3.63) is 11.6 Å². The smallest absolute Gasteiger partial charge is 0.330 e. The van der Waals surface area contributed by atoms with Crippen LogP contribution in [0, 0.1) is 0 Å². The van der Waals surface area contributed by atoms with Gasteiger partial charge in [-0.2, -0.15) is 0 Å². The molecule has 0 radical (unpaired) electrons. The number of hydrogen-bond donors (Lipinski definition) is 1. The number of carbonyl (C=O) groups excluding carboxylic acids is 1. The number of hydrogen-bond acceptors (Lipinski definition) is 3. The van der Waals surface area contributed by atoms with E-state index in [9.17, 15) is 4.79 Å². The van der Waals surface area contributed by atoms with Gasteiger partial charge >= 0.3 is 5.97 Å². The molecule has 14 heavy (non-hydrogen) atoms. The minimum atomic E-state index is -0.177. The third-order valence-corrected chi connectivity index (χ3v) is 2.96. The summed E-state index contributed by atoms with van der Waals surface area (Å²) >= 11 is 0. The van der Waals surface area contributed by atoms with Crippen LogP contribution in [0.4, 0.5) is 0 Å². The molecule has 0 saturated carbocycles. The van der Waals surface area contributed by atoms with Gasteiger partial charge in [0.25, 0.3) is 0 Å². The number of rotatable bonds is 2. The molecular formula is C11H17NO2. The predicted molar refractivity (Wildman–Crippen MR) is 53.9 cm³/mol. The molecule has 2 bridgehead atoms. The van der Waals surface area contributed by atoms with Gasteiger partial charge in [-0.25, -0.2) is 4.79 Å². The zero-order valence-corrected chi connectivity index (χ0v) is 8.58. The van der Waals surface area contributed by atoms with Gasteiger partial charge in [0, 0.05) is 18.2 Å². The first-order valence-corrected chi connectivity index (χ1v) is 5.40. The molecule has 0 aromatic rings. The van der Waals surface area contributed by atoms with Gasteiger partial charge in [-0.1, -0.05) is 5.57 Å². The molecule has 2 fully saturated rings. The first-order chi connectivity index (χ1) is 6.78. The summed E-state index contributed by atoms with van der Waals surface area (Å²) in [6.45, 7) is 2.30. The molecule has 2 atom stereocenters. The Morgan fingerprint density at radius 3 is 2.71 bits per heavy atom. The Morgan fingerprint density at radius 2 is 2.14 bits per heavy atom. The Morgan fingerprint density at radius 1 is 1.50 bits per heavy atom. The summed E-state index contributed by atoms with van der Waals surface area (Å²) in [6.07, 6.45) is 6.25. The van der Waals surface area contributed by atoms with Crippen LogP contribution in [0.15, 0.2) is 11.6 Å².